The second kappa shape index (κ2) is 13.3. The van der Waals surface area contributed by atoms with E-state index < -0.39 is 55.3 Å². The minimum Gasteiger partial charge on any atom is -0.388 e. The molecule has 0 aliphatic heterocycles. The highest BCUT2D eigenvalue weighted by Gasteiger charge is 2.38. The predicted octanol–water partition coefficient (Wildman–Crippen LogP) is 6.88. The fourth-order valence-corrected chi connectivity index (χ4v) is 6.28. The lowest BCUT2D eigenvalue weighted by molar-refractivity contribution is -0.388. The first-order valence-electron chi connectivity index (χ1n) is 13.7. The van der Waals surface area contributed by atoms with Crippen LogP contribution in [0.1, 0.15) is 40.4 Å². The molecule has 0 saturated heterocycles. The van der Waals surface area contributed by atoms with Gasteiger partial charge in [-0.05, 0) is 53.6 Å². The van der Waals surface area contributed by atoms with E-state index in [-0.39, 0.29) is 17.3 Å². The molecule has 236 valence electrons. The number of aromatic nitrogens is 2. The number of benzene rings is 3. The van der Waals surface area contributed by atoms with E-state index in [4.69, 9.17) is 0 Å². The lowest BCUT2D eigenvalue weighted by atomic mass is 9.82. The highest BCUT2D eigenvalue weighted by molar-refractivity contribution is 7.92. The number of hydrogen-bond acceptors (Lipinski definition) is 8. The van der Waals surface area contributed by atoms with Gasteiger partial charge >= 0.3 is 6.18 Å². The minimum absolute atomic E-state index is 0.0497. The summed E-state index contributed by atoms with van der Waals surface area (Å²) in [5.74, 6) is -0.485. The number of sulfonamides is 1. The summed E-state index contributed by atoms with van der Waals surface area (Å²) >= 11 is 0. The summed E-state index contributed by atoms with van der Waals surface area (Å²) in [5.41, 5.74) is -1.38. The Morgan fingerprint density at radius 3 is 2.11 bits per heavy atom. The van der Waals surface area contributed by atoms with E-state index in [1.807, 2.05) is 0 Å². The second-order valence-corrected chi connectivity index (χ2v) is 11.8. The van der Waals surface area contributed by atoms with Crippen molar-refractivity contribution < 1.29 is 31.6 Å². The maximum atomic E-state index is 13.6. The Morgan fingerprint density at radius 2 is 1.48 bits per heavy atom. The van der Waals surface area contributed by atoms with Gasteiger partial charge in [0, 0.05) is 24.2 Å². The molecule has 5 aromatic rings. The van der Waals surface area contributed by atoms with Crippen LogP contribution in [0, 0.1) is 10.1 Å². The minimum atomic E-state index is -4.93. The topological polar surface area (TPSA) is 147 Å². The summed E-state index contributed by atoms with van der Waals surface area (Å²) in [6.45, 7) is 0. The molecule has 46 heavy (non-hydrogen) atoms. The van der Waals surface area contributed by atoms with Crippen molar-refractivity contribution in [2.75, 3.05) is 10.0 Å². The van der Waals surface area contributed by atoms with Gasteiger partial charge < -0.3 is 10.4 Å². The van der Waals surface area contributed by atoms with Crippen molar-refractivity contribution in [1.29, 1.82) is 0 Å². The molecule has 10 nitrogen and oxygen atoms in total. The van der Waals surface area contributed by atoms with Gasteiger partial charge in [0.1, 0.15) is 5.82 Å². The van der Waals surface area contributed by atoms with Crippen LogP contribution in [0.2, 0.25) is 0 Å². The highest BCUT2D eigenvalue weighted by Crippen LogP contribution is 2.44. The van der Waals surface area contributed by atoms with E-state index in [2.05, 4.69) is 20.0 Å². The first-order valence-corrected chi connectivity index (χ1v) is 15.2. The Hall–Kier alpha value is -5.34. The average Bonchev–Trinajstić information content (AvgIpc) is 3.05. The quantitative estimate of drug-likeness (QED) is 0.104. The Balaban J connectivity index is 1.65. The lowest BCUT2D eigenvalue weighted by Gasteiger charge is -2.33. The van der Waals surface area contributed by atoms with Crippen molar-refractivity contribution in [3.8, 4) is 0 Å². The number of nitrogens with zero attached hydrogens (tertiary/aromatic N) is 3. The van der Waals surface area contributed by atoms with Crippen molar-refractivity contribution in [3.05, 3.63) is 154 Å². The van der Waals surface area contributed by atoms with Gasteiger partial charge in [0.2, 0.25) is 0 Å². The first kappa shape index (κ1) is 32.1. The Bertz CT molecular complexity index is 1920. The number of pyridine rings is 2. The zero-order valence-electron chi connectivity index (χ0n) is 23.7. The molecule has 3 N–H and O–H groups in total. The smallest absolute Gasteiger partial charge is 0.388 e. The second-order valence-electron chi connectivity index (χ2n) is 10.1. The molecular weight excluding hydrogens is 623 g/mol. The summed E-state index contributed by atoms with van der Waals surface area (Å²) in [5, 5.41) is 26.8. The van der Waals surface area contributed by atoms with E-state index in [1.54, 1.807) is 91.3 Å². The number of para-hydroxylation sites is 1. The van der Waals surface area contributed by atoms with Crippen LogP contribution in [-0.4, -0.2) is 28.4 Å². The fourth-order valence-electron chi connectivity index (χ4n) is 5.04. The molecule has 0 aliphatic carbocycles. The highest BCUT2D eigenvalue weighted by atomic mass is 32.2. The van der Waals surface area contributed by atoms with Crippen molar-refractivity contribution in [1.82, 2.24) is 9.97 Å². The molecule has 3 aromatic carbocycles. The molecule has 14 heteroatoms. The molecule has 2 aromatic heterocycles. The maximum absolute atomic E-state index is 13.6. The maximum Gasteiger partial charge on any atom is 0.416 e. The Morgan fingerprint density at radius 1 is 0.826 bits per heavy atom. The Labute approximate surface area is 261 Å². The number of nitrogens with one attached hydrogen (secondary N) is 2. The number of alkyl halides is 3. The van der Waals surface area contributed by atoms with Gasteiger partial charge in [0.15, 0.2) is 4.90 Å². The van der Waals surface area contributed by atoms with E-state index in [1.165, 1.54) is 12.1 Å². The molecule has 2 heterocycles. The molecule has 0 aliphatic rings. The van der Waals surface area contributed by atoms with E-state index in [0.29, 0.717) is 29.2 Å². The molecule has 0 radical (unpaired) electrons. The van der Waals surface area contributed by atoms with Crippen LogP contribution in [0.4, 0.5) is 30.4 Å². The molecular formula is C32H26F3N5O5S. The number of anilines is 2. The number of nitro groups is 1. The number of aliphatic hydroxyl groups is 1. The van der Waals surface area contributed by atoms with Crippen LogP contribution in [0.5, 0.6) is 0 Å². The number of hydrogen-bond donors (Lipinski definition) is 3. The van der Waals surface area contributed by atoms with Crippen molar-refractivity contribution in [2.24, 2.45) is 0 Å². The van der Waals surface area contributed by atoms with Crippen molar-refractivity contribution >= 4 is 27.2 Å². The number of rotatable bonds is 11. The number of aliphatic hydroxyl groups excluding tert-OH is 1. The summed E-state index contributed by atoms with van der Waals surface area (Å²) in [6, 6.07) is 25.4. The summed E-state index contributed by atoms with van der Waals surface area (Å²) in [7, 11) is -4.82. The SMILES string of the molecule is O=[N+]([O-])c1cc(C(F)(F)F)ccc1S(=O)(=O)Nc1ccccc1C(Nc1ccccn1)C(c1ccccn1)C(O)c1ccccc1. The van der Waals surface area contributed by atoms with Crippen molar-refractivity contribution in [3.63, 3.8) is 0 Å². The van der Waals surface area contributed by atoms with E-state index in [0.717, 1.165) is 0 Å². The van der Waals surface area contributed by atoms with Gasteiger partial charge in [-0.2, -0.15) is 13.2 Å². The van der Waals surface area contributed by atoms with Crippen LogP contribution in [-0.2, 0) is 16.2 Å². The summed E-state index contributed by atoms with van der Waals surface area (Å²) in [6.07, 6.45) is -3.02. The van der Waals surface area contributed by atoms with Gasteiger partial charge in [-0.25, -0.2) is 13.4 Å². The average molecular weight is 650 g/mol. The summed E-state index contributed by atoms with van der Waals surface area (Å²) in [4.78, 5) is 18.4. The van der Waals surface area contributed by atoms with Crippen molar-refractivity contribution in [2.45, 2.75) is 29.1 Å². The Kier molecular flexibility index (Phi) is 9.30. The largest absolute Gasteiger partial charge is 0.416 e. The molecule has 0 saturated carbocycles. The third-order valence-electron chi connectivity index (χ3n) is 7.15. The monoisotopic (exact) mass is 649 g/mol. The third kappa shape index (κ3) is 7.14. The molecule has 0 fully saturated rings. The van der Waals surface area contributed by atoms with Crippen LogP contribution < -0.4 is 10.0 Å². The number of halogens is 3. The molecule has 3 unspecified atom stereocenters. The summed E-state index contributed by atoms with van der Waals surface area (Å²) < 4.78 is 69.5. The van der Waals surface area contributed by atoms with E-state index in [9.17, 15) is 36.8 Å². The zero-order chi connectivity index (χ0) is 32.9. The normalized spacial score (nSPS) is 13.7. The van der Waals surface area contributed by atoms with Crippen LogP contribution in [0.15, 0.2) is 126 Å². The molecule has 5 rings (SSSR count). The van der Waals surface area contributed by atoms with Crippen LogP contribution >= 0.6 is 0 Å². The van der Waals surface area contributed by atoms with Crippen LogP contribution in [0.3, 0.4) is 0 Å². The lowest BCUT2D eigenvalue weighted by Crippen LogP contribution is -2.27. The van der Waals surface area contributed by atoms with Crippen LogP contribution in [0.25, 0.3) is 0 Å². The fraction of sp³-hybridized carbons (Fsp3) is 0.125. The predicted molar refractivity (Wildman–Crippen MR) is 164 cm³/mol. The zero-order valence-corrected chi connectivity index (χ0v) is 24.6. The van der Waals surface area contributed by atoms with Gasteiger partial charge in [0.05, 0.1) is 34.2 Å². The van der Waals surface area contributed by atoms with Gasteiger partial charge in [0.25, 0.3) is 15.7 Å². The molecule has 0 bridgehead atoms. The molecule has 0 spiro atoms. The molecule has 3 atom stereocenters. The van der Waals surface area contributed by atoms with E-state index >= 15 is 0 Å². The molecule has 0 amide bonds. The van der Waals surface area contributed by atoms with Gasteiger partial charge in [-0.15, -0.1) is 0 Å². The third-order valence-corrected chi connectivity index (χ3v) is 8.56. The van der Waals surface area contributed by atoms with Gasteiger partial charge in [-0.3, -0.25) is 19.8 Å². The van der Waals surface area contributed by atoms with Gasteiger partial charge in [-0.1, -0.05) is 60.7 Å². The number of nitro benzene ring substituents is 1. The first-order chi connectivity index (χ1) is 22.0. The standard InChI is InChI=1S/C32H26F3N5O5S/c33-32(34,35)22-16-17-27(26(20-22)40(42)43)46(44,45)39-24-13-5-4-12-23(24)30(38-28-15-7-9-19-37-28)29(25-14-6-8-18-36-25)31(41)21-10-2-1-3-11-21/h1-20,29-31,39,41H,(H,37,38).